The topological polar surface area (TPSA) is 130 Å². The second kappa shape index (κ2) is 14.1. The molecule has 2 amide bonds. The van der Waals surface area contributed by atoms with Gasteiger partial charge >= 0.3 is 6.03 Å². The summed E-state index contributed by atoms with van der Waals surface area (Å²) >= 11 is 12.1. The number of halogens is 2. The molecule has 2 aliphatic rings. The Morgan fingerprint density at radius 3 is 2.21 bits per heavy atom. The molecule has 13 heteroatoms. The van der Waals surface area contributed by atoms with E-state index in [1.165, 1.54) is 18.5 Å². The van der Waals surface area contributed by atoms with Gasteiger partial charge in [0.05, 0.1) is 17.5 Å². The van der Waals surface area contributed by atoms with E-state index in [1.807, 2.05) is 54.6 Å². The molecular formula is C35H38Cl2N10O. The maximum atomic E-state index is 13.2. The number of amides is 2. The lowest BCUT2D eigenvalue weighted by molar-refractivity contribution is 0.0815. The molecule has 0 spiro atoms. The number of carbonyl (C=O) groups excluding carboxylic acids is 1. The van der Waals surface area contributed by atoms with Gasteiger partial charge in [0.1, 0.15) is 28.1 Å². The van der Waals surface area contributed by atoms with Crippen LogP contribution < -0.4 is 16.4 Å². The number of pyridine rings is 1. The number of benzene rings is 2. The minimum Gasteiger partial charge on any atom is -0.383 e. The number of hydrogen-bond acceptors (Lipinski definition) is 8. The standard InChI is InChI=1S/C35H38Cl2N10O/c1-45-15-17-46(18-16-45)26-11-13-27(14-12-26)47-34-30(33(38)39-21-40-34)32(44-47)24-9-7-23(8-10-24)31(22-5-3-2-4-6-22)43-35(48)41-25-19-28(36)42-29(37)20-25/h2-10,19-21,26-27,31H,11-18H2,1H3,(H2,38,39,40)(H2,41,42,43,48). The minimum atomic E-state index is -0.439. The lowest BCUT2D eigenvalue weighted by Crippen LogP contribution is -2.49. The van der Waals surface area contributed by atoms with E-state index in [1.54, 1.807) is 0 Å². The first-order valence-electron chi connectivity index (χ1n) is 16.3. The Morgan fingerprint density at radius 1 is 0.875 bits per heavy atom. The molecule has 2 aromatic carbocycles. The van der Waals surface area contributed by atoms with Crippen molar-refractivity contribution >= 4 is 51.8 Å². The first-order valence-corrected chi connectivity index (χ1v) is 17.0. The van der Waals surface area contributed by atoms with Gasteiger partial charge in [0, 0.05) is 43.5 Å². The van der Waals surface area contributed by atoms with Crippen molar-refractivity contribution in [2.45, 2.75) is 43.8 Å². The Bertz CT molecular complexity index is 1870. The summed E-state index contributed by atoms with van der Waals surface area (Å²) in [5.74, 6) is 0.410. The summed E-state index contributed by atoms with van der Waals surface area (Å²) in [4.78, 5) is 31.2. The van der Waals surface area contributed by atoms with Gasteiger partial charge in [-0.15, -0.1) is 0 Å². The highest BCUT2D eigenvalue weighted by atomic mass is 35.5. The Kier molecular flexibility index (Phi) is 9.45. The number of fused-ring (bicyclic) bond motifs is 1. The van der Waals surface area contributed by atoms with Crippen molar-refractivity contribution in [3.8, 4) is 11.3 Å². The van der Waals surface area contributed by atoms with Crippen LogP contribution in [0.2, 0.25) is 10.3 Å². The van der Waals surface area contributed by atoms with Crippen LogP contribution in [0.3, 0.4) is 0 Å². The number of nitrogens with one attached hydrogen (secondary N) is 2. The summed E-state index contributed by atoms with van der Waals surface area (Å²) in [6.45, 7) is 4.54. The third-order valence-electron chi connectivity index (χ3n) is 9.53. The number of nitrogens with zero attached hydrogens (tertiary/aromatic N) is 7. The fraction of sp³-hybridized carbons (Fsp3) is 0.343. The van der Waals surface area contributed by atoms with Crippen molar-refractivity contribution in [1.29, 1.82) is 0 Å². The summed E-state index contributed by atoms with van der Waals surface area (Å²) in [5.41, 5.74) is 11.1. The van der Waals surface area contributed by atoms with Crippen LogP contribution in [0, 0.1) is 0 Å². The quantitative estimate of drug-likeness (QED) is 0.168. The number of hydrogen-bond donors (Lipinski definition) is 3. The average Bonchev–Trinajstić information content (AvgIpc) is 3.49. The largest absolute Gasteiger partial charge is 0.383 e. The predicted octanol–water partition coefficient (Wildman–Crippen LogP) is 6.42. The molecule has 5 aromatic rings. The molecule has 1 saturated carbocycles. The molecule has 7 rings (SSSR count). The number of nitrogen functional groups attached to an aromatic ring is 1. The molecule has 1 unspecified atom stereocenters. The van der Waals surface area contributed by atoms with Crippen molar-refractivity contribution in [1.82, 2.24) is 39.8 Å². The summed E-state index contributed by atoms with van der Waals surface area (Å²) in [5, 5.41) is 12.2. The Balaban J connectivity index is 1.13. The van der Waals surface area contributed by atoms with Crippen LogP contribution >= 0.6 is 23.2 Å². The zero-order valence-electron chi connectivity index (χ0n) is 26.7. The highest BCUT2D eigenvalue weighted by Crippen LogP contribution is 2.37. The molecule has 0 bridgehead atoms. The van der Waals surface area contributed by atoms with E-state index in [0.29, 0.717) is 17.5 Å². The monoisotopic (exact) mass is 684 g/mol. The summed E-state index contributed by atoms with van der Waals surface area (Å²) in [6.07, 6.45) is 5.89. The van der Waals surface area contributed by atoms with Gasteiger partial charge in [0.15, 0.2) is 5.65 Å². The van der Waals surface area contributed by atoms with Gasteiger partial charge in [-0.2, -0.15) is 5.10 Å². The van der Waals surface area contributed by atoms with Gasteiger partial charge in [0.25, 0.3) is 0 Å². The first-order chi connectivity index (χ1) is 23.3. The molecule has 2 fully saturated rings. The number of urea groups is 1. The molecule has 4 heterocycles. The molecule has 1 aliphatic heterocycles. The van der Waals surface area contributed by atoms with Gasteiger partial charge in [-0.05, 0) is 56.0 Å². The average molecular weight is 686 g/mol. The van der Waals surface area contributed by atoms with Crippen LogP contribution in [-0.2, 0) is 0 Å². The molecule has 48 heavy (non-hydrogen) atoms. The van der Waals surface area contributed by atoms with Gasteiger partial charge in [-0.25, -0.2) is 24.4 Å². The lowest BCUT2D eigenvalue weighted by Gasteiger charge is -2.41. The second-order valence-corrected chi connectivity index (χ2v) is 13.4. The Morgan fingerprint density at radius 2 is 1.52 bits per heavy atom. The molecule has 1 atom stereocenters. The van der Waals surface area contributed by atoms with Gasteiger partial charge in [0.2, 0.25) is 0 Å². The highest BCUT2D eigenvalue weighted by molar-refractivity contribution is 6.33. The summed E-state index contributed by atoms with van der Waals surface area (Å²) in [6, 6.07) is 20.9. The van der Waals surface area contributed by atoms with E-state index in [4.69, 9.17) is 34.0 Å². The van der Waals surface area contributed by atoms with Crippen molar-refractivity contribution in [3.05, 3.63) is 94.5 Å². The summed E-state index contributed by atoms with van der Waals surface area (Å²) < 4.78 is 2.08. The van der Waals surface area contributed by atoms with Crippen molar-refractivity contribution < 1.29 is 4.79 Å². The number of rotatable bonds is 7. The second-order valence-electron chi connectivity index (χ2n) is 12.6. The van der Waals surface area contributed by atoms with Gasteiger partial charge < -0.3 is 21.3 Å². The van der Waals surface area contributed by atoms with Crippen LogP contribution in [-0.4, -0.2) is 79.8 Å². The smallest absolute Gasteiger partial charge is 0.319 e. The van der Waals surface area contributed by atoms with Crippen LogP contribution in [0.25, 0.3) is 22.3 Å². The normalized spacial score (nSPS) is 19.6. The van der Waals surface area contributed by atoms with E-state index in [-0.39, 0.29) is 16.3 Å². The fourth-order valence-corrected chi connectivity index (χ4v) is 7.44. The van der Waals surface area contributed by atoms with E-state index >= 15 is 0 Å². The maximum Gasteiger partial charge on any atom is 0.319 e. The minimum absolute atomic E-state index is 0.187. The van der Waals surface area contributed by atoms with Crippen molar-refractivity contribution in [2.75, 3.05) is 44.3 Å². The van der Waals surface area contributed by atoms with E-state index in [9.17, 15) is 4.79 Å². The number of piperazine rings is 1. The van der Waals surface area contributed by atoms with Crippen molar-refractivity contribution in [2.24, 2.45) is 0 Å². The zero-order valence-corrected chi connectivity index (χ0v) is 28.2. The summed E-state index contributed by atoms with van der Waals surface area (Å²) in [7, 11) is 2.20. The van der Waals surface area contributed by atoms with Crippen LogP contribution in [0.5, 0.6) is 0 Å². The Labute approximate surface area is 289 Å². The van der Waals surface area contributed by atoms with Crippen LogP contribution in [0.15, 0.2) is 73.1 Å². The number of nitrogens with two attached hydrogens (primary N) is 1. The van der Waals surface area contributed by atoms with Crippen LogP contribution in [0.4, 0.5) is 16.3 Å². The number of carbonyl (C=O) groups is 1. The molecule has 0 radical (unpaired) electrons. The first kappa shape index (κ1) is 32.3. The molecule has 3 aromatic heterocycles. The Hall–Kier alpha value is -4.29. The predicted molar refractivity (Wildman–Crippen MR) is 190 cm³/mol. The number of anilines is 2. The van der Waals surface area contributed by atoms with Gasteiger partial charge in [-0.3, -0.25) is 4.90 Å². The zero-order chi connectivity index (χ0) is 33.2. The number of aromatic nitrogens is 5. The molecule has 248 valence electrons. The van der Waals surface area contributed by atoms with E-state index in [0.717, 1.165) is 85.3 Å². The fourth-order valence-electron chi connectivity index (χ4n) is 6.98. The van der Waals surface area contributed by atoms with Crippen LogP contribution in [0.1, 0.15) is 48.9 Å². The molecule has 1 aliphatic carbocycles. The molecule has 11 nitrogen and oxygen atoms in total. The maximum absolute atomic E-state index is 13.2. The van der Waals surface area contributed by atoms with E-state index in [2.05, 4.69) is 47.1 Å². The number of likely N-dealkylation sites (N-methyl/N-ethyl adjacent to an activating group) is 1. The third kappa shape index (κ3) is 6.95. The highest BCUT2D eigenvalue weighted by Gasteiger charge is 2.31. The lowest BCUT2D eigenvalue weighted by atomic mass is 9.90. The SMILES string of the molecule is CN1CCN(C2CCC(n3nc(-c4ccc(C(NC(=O)Nc5cc(Cl)nc(Cl)c5)c5ccccc5)cc4)c4c(N)ncnc43)CC2)CC1. The van der Waals surface area contributed by atoms with Crippen molar-refractivity contribution in [3.63, 3.8) is 0 Å². The molecular weight excluding hydrogens is 647 g/mol. The third-order valence-corrected chi connectivity index (χ3v) is 9.92. The van der Waals surface area contributed by atoms with Gasteiger partial charge in [-0.1, -0.05) is 77.8 Å². The molecule has 1 saturated heterocycles. The molecule has 4 N–H and O–H groups in total. The van der Waals surface area contributed by atoms with E-state index < -0.39 is 12.1 Å².